The van der Waals surface area contributed by atoms with E-state index in [2.05, 4.69) is 27.1 Å². The molecule has 0 aliphatic carbocycles. The number of aryl methyl sites for hydroxylation is 1. The van der Waals surface area contributed by atoms with Gasteiger partial charge in [0.1, 0.15) is 5.82 Å². The van der Waals surface area contributed by atoms with E-state index in [9.17, 15) is 9.18 Å². The summed E-state index contributed by atoms with van der Waals surface area (Å²) in [6.45, 7) is 8.32. The van der Waals surface area contributed by atoms with Crippen molar-refractivity contribution in [2.75, 3.05) is 19.6 Å². The first-order valence-corrected chi connectivity index (χ1v) is 11.0. The molecule has 0 spiro atoms. The normalized spacial score (nSPS) is 14.5. The zero-order valence-corrected chi connectivity index (χ0v) is 20.9. The number of thiophene rings is 1. The summed E-state index contributed by atoms with van der Waals surface area (Å²) in [5.74, 6) is 0.557. The molecule has 5 nitrogen and oxygen atoms in total. The number of rotatable bonds is 6. The summed E-state index contributed by atoms with van der Waals surface area (Å²) in [6.07, 6.45) is 1.32. The molecule has 164 valence electrons. The van der Waals surface area contributed by atoms with E-state index in [1.54, 1.807) is 30.4 Å². The molecule has 1 aliphatic rings. The largest absolute Gasteiger partial charge is 0.357 e. The van der Waals surface area contributed by atoms with Gasteiger partial charge in [-0.25, -0.2) is 4.39 Å². The highest BCUT2D eigenvalue weighted by molar-refractivity contribution is 14.0. The number of carbonyl (C=O) groups excluding carboxylic acids is 1. The highest BCUT2D eigenvalue weighted by atomic mass is 127. The molecular formula is C22H30FIN4OS. The summed E-state index contributed by atoms with van der Waals surface area (Å²) in [7, 11) is 0. The molecule has 1 atom stereocenters. The number of benzene rings is 1. The summed E-state index contributed by atoms with van der Waals surface area (Å²) >= 11 is 1.77. The Kier molecular flexibility index (Phi) is 9.54. The second-order valence-electron chi connectivity index (χ2n) is 7.32. The van der Waals surface area contributed by atoms with Gasteiger partial charge in [-0.2, -0.15) is 0 Å². The van der Waals surface area contributed by atoms with Crippen LogP contribution in [0.3, 0.4) is 0 Å². The van der Waals surface area contributed by atoms with E-state index in [0.717, 1.165) is 18.5 Å². The second-order valence-corrected chi connectivity index (χ2v) is 8.32. The fourth-order valence-corrected chi connectivity index (χ4v) is 4.26. The molecule has 3 rings (SSSR count). The summed E-state index contributed by atoms with van der Waals surface area (Å²) in [4.78, 5) is 20.4. The van der Waals surface area contributed by atoms with Gasteiger partial charge in [0.05, 0.1) is 12.6 Å². The lowest BCUT2D eigenvalue weighted by molar-refractivity contribution is -0.131. The molecule has 1 aliphatic heterocycles. The van der Waals surface area contributed by atoms with E-state index in [1.165, 1.54) is 10.4 Å². The van der Waals surface area contributed by atoms with E-state index in [4.69, 9.17) is 0 Å². The number of halogens is 2. The lowest BCUT2D eigenvalue weighted by Crippen LogP contribution is -2.39. The number of carbonyl (C=O) groups is 1. The van der Waals surface area contributed by atoms with Crippen LogP contribution in [0.25, 0.3) is 0 Å². The first kappa shape index (κ1) is 24.6. The van der Waals surface area contributed by atoms with Crippen molar-refractivity contribution < 1.29 is 9.18 Å². The van der Waals surface area contributed by atoms with Crippen molar-refractivity contribution in [1.29, 1.82) is 0 Å². The number of fused-ring (bicyclic) bond motifs is 1. The van der Waals surface area contributed by atoms with E-state index >= 15 is 0 Å². The molecule has 1 aromatic heterocycles. The summed E-state index contributed by atoms with van der Waals surface area (Å²) in [5, 5.41) is 8.58. The van der Waals surface area contributed by atoms with Gasteiger partial charge in [0.15, 0.2) is 5.96 Å². The Morgan fingerprint density at radius 2 is 2.17 bits per heavy atom. The lowest BCUT2D eigenvalue weighted by atomic mass is 10.1. The molecule has 2 N–H and O–H groups in total. The van der Waals surface area contributed by atoms with Crippen LogP contribution in [0.2, 0.25) is 0 Å². The number of nitrogens with zero attached hydrogens (tertiary/aromatic N) is 2. The van der Waals surface area contributed by atoms with Crippen LogP contribution in [0.4, 0.5) is 4.39 Å². The Labute approximate surface area is 199 Å². The Balaban J connectivity index is 0.00000320. The maximum absolute atomic E-state index is 13.9. The number of aliphatic imine (C=N–C) groups is 1. The Hall–Kier alpha value is -1.68. The molecule has 1 unspecified atom stereocenters. The van der Waals surface area contributed by atoms with Gasteiger partial charge < -0.3 is 15.5 Å². The quantitative estimate of drug-likeness (QED) is 0.322. The molecule has 2 heterocycles. The molecule has 1 aromatic carbocycles. The molecule has 30 heavy (non-hydrogen) atoms. The highest BCUT2D eigenvalue weighted by Crippen LogP contribution is 2.24. The van der Waals surface area contributed by atoms with Crippen molar-refractivity contribution in [2.24, 2.45) is 4.99 Å². The monoisotopic (exact) mass is 544 g/mol. The van der Waals surface area contributed by atoms with Gasteiger partial charge in [0.25, 0.3) is 0 Å². The topological polar surface area (TPSA) is 56.7 Å². The first-order chi connectivity index (χ1) is 14.0. The second kappa shape index (κ2) is 11.6. The van der Waals surface area contributed by atoms with Crippen molar-refractivity contribution in [2.45, 2.75) is 46.2 Å². The maximum Gasteiger partial charge on any atom is 0.224 e. The van der Waals surface area contributed by atoms with Gasteiger partial charge in [0.2, 0.25) is 5.91 Å². The van der Waals surface area contributed by atoms with Crippen LogP contribution in [0.5, 0.6) is 0 Å². The number of hydrogen-bond acceptors (Lipinski definition) is 3. The fraction of sp³-hybridized carbons (Fsp3) is 0.455. The minimum atomic E-state index is -0.209. The third kappa shape index (κ3) is 6.41. The van der Waals surface area contributed by atoms with Crippen LogP contribution >= 0.6 is 35.3 Å². The molecular weight excluding hydrogens is 514 g/mol. The van der Waals surface area contributed by atoms with Gasteiger partial charge in [-0.1, -0.05) is 12.1 Å². The smallest absolute Gasteiger partial charge is 0.224 e. The van der Waals surface area contributed by atoms with Gasteiger partial charge in [-0.3, -0.25) is 9.79 Å². The molecule has 0 fully saturated rings. The van der Waals surface area contributed by atoms with Crippen LogP contribution in [-0.4, -0.2) is 36.4 Å². The Bertz CT molecular complexity index is 886. The van der Waals surface area contributed by atoms with Crippen molar-refractivity contribution in [1.82, 2.24) is 15.5 Å². The SMILES string of the molecule is CCNC(=NCCC(=O)N1CCc2sccc2C1)NC(C)c1ccc(C)c(F)c1.I. The van der Waals surface area contributed by atoms with E-state index in [0.29, 0.717) is 37.6 Å². The minimum absolute atomic E-state index is 0. The zero-order chi connectivity index (χ0) is 20.8. The summed E-state index contributed by atoms with van der Waals surface area (Å²) in [6, 6.07) is 7.26. The number of nitrogens with one attached hydrogen (secondary N) is 2. The molecule has 0 saturated heterocycles. The number of guanidine groups is 1. The molecule has 0 radical (unpaired) electrons. The van der Waals surface area contributed by atoms with Crippen molar-refractivity contribution in [3.63, 3.8) is 0 Å². The number of amides is 1. The average Bonchev–Trinajstić information content (AvgIpc) is 3.17. The summed E-state index contributed by atoms with van der Waals surface area (Å²) < 4.78 is 13.9. The van der Waals surface area contributed by atoms with Crippen LogP contribution in [0.1, 0.15) is 47.9 Å². The predicted molar refractivity (Wildman–Crippen MR) is 132 cm³/mol. The van der Waals surface area contributed by atoms with Gasteiger partial charge in [0, 0.05) is 30.9 Å². The molecule has 0 bridgehead atoms. The maximum atomic E-state index is 13.9. The Morgan fingerprint density at radius 3 is 2.90 bits per heavy atom. The van der Waals surface area contributed by atoms with Gasteiger partial charge in [-0.05, 0) is 61.4 Å². The van der Waals surface area contributed by atoms with Gasteiger partial charge >= 0.3 is 0 Å². The van der Waals surface area contributed by atoms with Gasteiger partial charge in [-0.15, -0.1) is 35.3 Å². The average molecular weight is 544 g/mol. The van der Waals surface area contributed by atoms with Crippen molar-refractivity contribution in [3.8, 4) is 0 Å². The standard InChI is InChI=1S/C22H29FN4OS.HI/c1-4-24-22(26-16(3)17-6-5-15(2)19(23)13-17)25-10-7-21(28)27-11-8-20-18(14-27)9-12-29-20;/h5-6,9,12-13,16H,4,7-8,10-11,14H2,1-3H3,(H2,24,25,26);1H. The van der Waals surface area contributed by atoms with E-state index in [-0.39, 0.29) is 41.7 Å². The van der Waals surface area contributed by atoms with E-state index in [1.807, 2.05) is 24.8 Å². The van der Waals surface area contributed by atoms with Crippen LogP contribution < -0.4 is 10.6 Å². The van der Waals surface area contributed by atoms with Crippen LogP contribution in [-0.2, 0) is 17.8 Å². The first-order valence-electron chi connectivity index (χ1n) is 10.1. The fourth-order valence-electron chi connectivity index (χ4n) is 3.37. The predicted octanol–water partition coefficient (Wildman–Crippen LogP) is 4.40. The molecule has 0 saturated carbocycles. The van der Waals surface area contributed by atoms with Crippen LogP contribution in [0.15, 0.2) is 34.6 Å². The summed E-state index contributed by atoms with van der Waals surface area (Å²) in [5.41, 5.74) is 2.76. The third-order valence-electron chi connectivity index (χ3n) is 5.15. The van der Waals surface area contributed by atoms with Crippen LogP contribution in [0, 0.1) is 12.7 Å². The lowest BCUT2D eigenvalue weighted by Gasteiger charge is -2.27. The number of hydrogen-bond donors (Lipinski definition) is 2. The molecule has 2 aromatic rings. The minimum Gasteiger partial charge on any atom is -0.357 e. The van der Waals surface area contributed by atoms with Crippen molar-refractivity contribution in [3.05, 3.63) is 57.0 Å². The van der Waals surface area contributed by atoms with E-state index < -0.39 is 0 Å². The zero-order valence-electron chi connectivity index (χ0n) is 17.7. The molecule has 1 amide bonds. The third-order valence-corrected chi connectivity index (χ3v) is 6.17. The highest BCUT2D eigenvalue weighted by Gasteiger charge is 2.21. The molecule has 8 heteroatoms. The van der Waals surface area contributed by atoms with Crippen molar-refractivity contribution >= 4 is 47.2 Å². The Morgan fingerprint density at radius 1 is 1.37 bits per heavy atom.